The quantitative estimate of drug-likeness (QED) is 0.0152. The van der Waals surface area contributed by atoms with Crippen LogP contribution in [-0.2, 0) is 73.4 Å². The molecule has 0 spiro atoms. The predicted molar refractivity (Wildman–Crippen MR) is 470 cm³/mol. The van der Waals surface area contributed by atoms with E-state index in [1.807, 2.05) is 24.3 Å². The molecule has 736 valence electrons. The number of ether oxygens (including phenoxy) is 12. The first-order valence-corrected chi connectivity index (χ1v) is 49.9. The average molecular weight is 1980 g/mol. The van der Waals surface area contributed by atoms with E-state index >= 15 is 0 Å². The van der Waals surface area contributed by atoms with E-state index in [1.54, 1.807) is 27.7 Å². The lowest BCUT2D eigenvalue weighted by molar-refractivity contribution is -0.0463. The van der Waals surface area contributed by atoms with E-state index in [4.69, 9.17) is 116 Å². The molecule has 8 bridgehead atoms. The molecular weight excluding hydrogens is 1880 g/mol. The summed E-state index contributed by atoms with van der Waals surface area (Å²) < 4.78 is 187. The Bertz CT molecular complexity index is 5430. The molecule has 17 rings (SSSR count). The van der Waals surface area contributed by atoms with Crippen LogP contribution in [0.15, 0.2) is 92.5 Å². The fourth-order valence-corrected chi connectivity index (χ4v) is 23.2. The van der Waals surface area contributed by atoms with E-state index in [-0.39, 0.29) is 146 Å². The normalized spacial score (nSPS) is 26.3. The molecule has 4 saturated heterocycles. The van der Waals surface area contributed by atoms with Crippen LogP contribution in [0.5, 0.6) is 46.0 Å². The number of rotatable bonds is 36. The van der Waals surface area contributed by atoms with Crippen molar-refractivity contribution in [2.45, 2.75) is 202 Å². The molecule has 0 radical (unpaired) electrons. The van der Waals surface area contributed by atoms with Gasteiger partial charge in [-0.25, -0.2) is 37.4 Å². The summed E-state index contributed by atoms with van der Waals surface area (Å²) in [6.45, 7) is 0.615. The van der Waals surface area contributed by atoms with Crippen LogP contribution in [0, 0.1) is 27.7 Å². The highest BCUT2D eigenvalue weighted by atomic mass is 31.2. The van der Waals surface area contributed by atoms with Gasteiger partial charge in [-0.1, -0.05) is 0 Å². The second-order valence-corrected chi connectivity index (χ2v) is 39.5. The van der Waals surface area contributed by atoms with Gasteiger partial charge in [0.25, 0.3) is 0 Å². The molecule has 1 aliphatic carbocycles. The Morgan fingerprint density at radius 3 is 0.684 bits per heavy atom. The Morgan fingerprint density at radius 1 is 0.331 bits per heavy atom. The number of benzene rings is 4. The molecule has 48 nitrogen and oxygen atoms in total. The Morgan fingerprint density at radius 2 is 0.515 bits per heavy atom. The number of nitrogens with two attached hydrogens (primary N) is 4. The van der Waals surface area contributed by atoms with E-state index in [1.165, 1.54) is 49.1 Å². The number of aliphatic hydroxyl groups excluding tert-OH is 4. The highest BCUT2D eigenvalue weighted by Crippen LogP contribution is 2.61. The lowest BCUT2D eigenvalue weighted by atomic mass is 9.74. The number of hydrogen-bond acceptors (Lipinski definition) is 40. The van der Waals surface area contributed by atoms with Crippen molar-refractivity contribution < 1.29 is 151 Å². The maximum atomic E-state index is 14.4. The predicted octanol–water partition coefficient (Wildman–Crippen LogP) is 6.28. The van der Waals surface area contributed by atoms with Crippen LogP contribution < -0.4 is 83.6 Å². The number of phosphoric acid groups is 4. The second-order valence-electron chi connectivity index (χ2n) is 33.9. The van der Waals surface area contributed by atoms with Crippen LogP contribution >= 0.6 is 31.3 Å². The van der Waals surface area contributed by atoms with Crippen molar-refractivity contribution in [3.8, 4) is 46.0 Å². The topological polar surface area (TPSA) is 658 Å². The van der Waals surface area contributed by atoms with Crippen molar-refractivity contribution in [2.75, 3.05) is 103 Å². The highest BCUT2D eigenvalue weighted by molar-refractivity contribution is 7.48. The maximum absolute atomic E-state index is 14.4. The van der Waals surface area contributed by atoms with Gasteiger partial charge in [0.2, 0.25) is 27.2 Å². The molecule has 8 aromatic rings. The molecule has 52 heteroatoms. The van der Waals surface area contributed by atoms with Gasteiger partial charge in [-0.05, 0) is 128 Å². The zero-order valence-electron chi connectivity index (χ0n) is 73.8. The summed E-state index contributed by atoms with van der Waals surface area (Å²) in [6, 6.07) is 13.0. The van der Waals surface area contributed by atoms with Gasteiger partial charge in [-0.2, -0.15) is 19.9 Å². The first kappa shape index (κ1) is 97.8. The Hall–Kier alpha value is -9.88. The fourth-order valence-electron chi connectivity index (χ4n) is 19.3. The third-order valence-corrected chi connectivity index (χ3v) is 29.6. The molecule has 12 heterocycles. The van der Waals surface area contributed by atoms with Gasteiger partial charge < -0.3 is 120 Å². The molecule has 8 aliphatic heterocycles. The summed E-state index contributed by atoms with van der Waals surface area (Å²) in [5.41, 5.74) is 25.5. The van der Waals surface area contributed by atoms with Crippen LogP contribution in [0.4, 0.5) is 23.3 Å². The van der Waals surface area contributed by atoms with Crippen molar-refractivity contribution in [3.63, 3.8) is 0 Å². The number of hydrogen-bond donors (Lipinski definition) is 12. The van der Waals surface area contributed by atoms with E-state index < -0.39 is 231 Å². The number of anilines is 4. The maximum Gasteiger partial charge on any atom is 0.472 e. The van der Waals surface area contributed by atoms with Crippen LogP contribution in [0.3, 0.4) is 0 Å². The minimum atomic E-state index is -5.11. The second kappa shape index (κ2) is 40.5. The lowest BCUT2D eigenvalue weighted by Crippen LogP contribution is -2.28. The molecule has 0 amide bonds. The molecule has 0 saturated carbocycles. The summed E-state index contributed by atoms with van der Waals surface area (Å²) in [6.07, 6.45) is -10.1. The first-order valence-electron chi connectivity index (χ1n) is 43.9. The third kappa shape index (κ3) is 20.6. The molecule has 4 aromatic carbocycles. The molecule has 9 aliphatic rings. The Kier molecular flexibility index (Phi) is 29.1. The molecule has 16 N–H and O–H groups in total. The summed E-state index contributed by atoms with van der Waals surface area (Å²) in [5, 5.41) is 42.0. The first-order chi connectivity index (χ1) is 65.1. The van der Waals surface area contributed by atoms with E-state index in [0.29, 0.717) is 66.8 Å². The molecule has 16 atom stereocenters. The van der Waals surface area contributed by atoms with E-state index in [2.05, 4.69) is 19.9 Å². The van der Waals surface area contributed by atoms with Crippen molar-refractivity contribution >= 4 is 54.6 Å². The average Bonchev–Trinajstić information content (AvgIpc) is 1.46. The van der Waals surface area contributed by atoms with Crippen molar-refractivity contribution in [3.05, 3.63) is 182 Å². The summed E-state index contributed by atoms with van der Waals surface area (Å²) in [4.78, 5) is 114. The van der Waals surface area contributed by atoms with Gasteiger partial charge in [0, 0.05) is 141 Å². The Balaban J connectivity index is 0.775. The molecular formula is C84H104N12O36P4. The third-order valence-electron chi connectivity index (χ3n) is 25.4. The minimum Gasteiger partial charge on any atom is -0.457 e. The van der Waals surface area contributed by atoms with Gasteiger partial charge >= 0.3 is 54.0 Å². The highest BCUT2D eigenvalue weighted by Gasteiger charge is 2.49. The van der Waals surface area contributed by atoms with Gasteiger partial charge in [0.05, 0.1) is 52.9 Å². The number of phosphoric ester groups is 4. The summed E-state index contributed by atoms with van der Waals surface area (Å²) in [7, 11) is -20.5. The Labute approximate surface area is 773 Å². The summed E-state index contributed by atoms with van der Waals surface area (Å²) in [5.74, 6) is -1.88. The summed E-state index contributed by atoms with van der Waals surface area (Å²) >= 11 is 0. The fraction of sp³-hybridized carbons (Fsp3) is 0.524. The molecule has 4 fully saturated rings. The molecule has 16 unspecified atom stereocenters. The van der Waals surface area contributed by atoms with Crippen molar-refractivity contribution in [1.82, 2.24) is 38.2 Å². The molecule has 136 heavy (non-hydrogen) atoms. The van der Waals surface area contributed by atoms with Crippen molar-refractivity contribution in [2.24, 2.45) is 0 Å². The largest absolute Gasteiger partial charge is 0.472 e. The number of aliphatic hydroxyl groups is 4. The lowest BCUT2D eigenvalue weighted by Gasteiger charge is -2.37. The van der Waals surface area contributed by atoms with Crippen LogP contribution in [-0.4, -0.2) is 207 Å². The monoisotopic (exact) mass is 1980 g/mol. The van der Waals surface area contributed by atoms with E-state index in [9.17, 15) is 77.4 Å². The van der Waals surface area contributed by atoms with E-state index in [0.717, 1.165) is 18.3 Å². The van der Waals surface area contributed by atoms with Crippen LogP contribution in [0.25, 0.3) is 0 Å². The zero-order chi connectivity index (χ0) is 96.1. The van der Waals surface area contributed by atoms with Gasteiger partial charge in [-0.3, -0.25) is 54.5 Å². The van der Waals surface area contributed by atoms with Gasteiger partial charge in [-0.15, -0.1) is 0 Å². The van der Waals surface area contributed by atoms with Crippen LogP contribution in [0.1, 0.15) is 192 Å². The number of aromatic nitrogens is 8. The smallest absolute Gasteiger partial charge is 0.457 e. The SMILES string of the molecule is Cc1c2c3cc4c1OCOc1c(cc5c(c1C)OCOc1c(cc6c(c1C)OCOc1c(cc(c(c1C)OCO2)C3CCCOP(=O)(O)OC1CC(n2ccc(N)nc2=O)OC1CO)C6CCCOP(=O)(O)OC1CC(n2ccc(N)nc2=O)OC1CO)C5CCCOP(=O)(O)OC1CC(n2ccc(N)nc2=O)OC1CO)C4CCCOP(=O)(O)OC1CC(n2ccc(N)nc2=O)OC1CO. The number of nitrogen functional groups attached to an aromatic ring is 4. The standard InChI is InChI=1S/C84H104N12O36P4/c1-41-73-49-25-50-46(10-6-22-122-134(107,108)130-58-30-70(126-62(58)34-98)94-18-14-66(86)90-82(94)102)52-27-54-48(12-8-24-124-136(111,112)132-60-32-72(128-64(60)36-100)96-20-16-68(88)92-84(96)104)56-28-55-47(11-7-23-123-135(109,110)131-59-31-71(127-63(59)35-99)95-19-15-67(87)91-83(95)103)53-26-51(45(49)9-5-21-121-133(105,106)129-57-29-69(125-61(57)33-97)93-17-13-65(85)89-81(93)101)75(115-37-113-73)42(2)77(53)117-39-119-79(55)44(4)80(56)120-40-118-78(54)43(3)76(52)116-38-114-74(41)50/h13-20,25-28,45-48,57-64,69-72,97-100H,5-12,21-24,29-40H2,1-4H3,(H,105,106)(H,107,108)(H,109,110)(H,111,112)(H2,85,89,101)(H2,86,90,102)(H2,87,91,103)(H2,88,92,104). The van der Waals surface area contributed by atoms with Crippen molar-refractivity contribution in [1.29, 1.82) is 0 Å². The zero-order valence-corrected chi connectivity index (χ0v) is 77.4. The molecule has 4 aromatic heterocycles. The van der Waals surface area contributed by atoms with Crippen LogP contribution in [0.2, 0.25) is 0 Å². The van der Waals surface area contributed by atoms with Gasteiger partial charge in [0.15, 0.2) is 0 Å². The number of nitrogens with zero attached hydrogens (tertiary/aromatic N) is 8. The minimum absolute atomic E-state index is 0.0234. The van der Waals surface area contributed by atoms with Gasteiger partial charge in [0.1, 0.15) is 143 Å².